The Morgan fingerprint density at radius 3 is 1.58 bits per heavy atom. The predicted molar refractivity (Wildman–Crippen MR) is 180 cm³/mol. The van der Waals surface area contributed by atoms with E-state index in [4.69, 9.17) is 9.47 Å². The van der Waals surface area contributed by atoms with Crippen LogP contribution in [0.3, 0.4) is 0 Å². The second-order valence-corrected chi connectivity index (χ2v) is 13.4. The zero-order chi connectivity index (χ0) is 33.1. The summed E-state index contributed by atoms with van der Waals surface area (Å²) < 4.78 is 11.1. The van der Waals surface area contributed by atoms with E-state index in [-0.39, 0.29) is 12.5 Å². The van der Waals surface area contributed by atoms with Gasteiger partial charge in [0.15, 0.2) is 6.29 Å². The second kappa shape index (κ2) is 28.2. The number of hydrogen-bond donors (Lipinski definition) is 6. The van der Waals surface area contributed by atoms with Gasteiger partial charge < -0.3 is 40.3 Å². The van der Waals surface area contributed by atoms with Crippen LogP contribution in [0.1, 0.15) is 168 Å². The standard InChI is InChI=1S/C36H71NO8/c1-3-5-7-9-10-11-12-13-14-15-16-17-18-19-20-21-22-24-26-32(40)37-29(30(39)25-23-8-6-4-2)28-44-36-35(43)34(42)33(41)31(27-38)45-36/h29-31,33-36,38-39,41-43H,3-28H2,1-2H3,(H,37,40). The maximum Gasteiger partial charge on any atom is 0.220 e. The van der Waals surface area contributed by atoms with Gasteiger partial charge in [-0.2, -0.15) is 0 Å². The molecule has 9 heteroatoms. The molecule has 7 atom stereocenters. The van der Waals surface area contributed by atoms with E-state index >= 15 is 0 Å². The molecule has 0 aromatic carbocycles. The number of nitrogens with one attached hydrogen (secondary N) is 1. The van der Waals surface area contributed by atoms with Gasteiger partial charge in [-0.15, -0.1) is 0 Å². The maximum absolute atomic E-state index is 12.8. The summed E-state index contributed by atoms with van der Waals surface area (Å²) in [6.45, 7) is 3.70. The third kappa shape index (κ3) is 20.2. The van der Waals surface area contributed by atoms with E-state index in [1.807, 2.05) is 0 Å². The lowest BCUT2D eigenvalue weighted by Crippen LogP contribution is -2.60. The fourth-order valence-corrected chi connectivity index (χ4v) is 6.10. The lowest BCUT2D eigenvalue weighted by Gasteiger charge is -2.40. The highest BCUT2D eigenvalue weighted by Gasteiger charge is 2.44. The molecule has 0 aliphatic carbocycles. The summed E-state index contributed by atoms with van der Waals surface area (Å²) in [6.07, 6.45) is 20.3. The predicted octanol–water partition coefficient (Wildman–Crippen LogP) is 6.05. The van der Waals surface area contributed by atoms with E-state index in [1.165, 1.54) is 96.3 Å². The minimum Gasteiger partial charge on any atom is -0.394 e. The minimum absolute atomic E-state index is 0.136. The zero-order valence-electron chi connectivity index (χ0n) is 28.9. The molecule has 1 fully saturated rings. The Morgan fingerprint density at radius 1 is 0.667 bits per heavy atom. The normalized spacial score (nSPS) is 23.2. The average Bonchev–Trinajstić information content (AvgIpc) is 3.04. The first-order valence-electron chi connectivity index (χ1n) is 18.7. The number of hydrogen-bond acceptors (Lipinski definition) is 8. The Hall–Kier alpha value is -0.810. The van der Waals surface area contributed by atoms with Crippen LogP contribution < -0.4 is 5.32 Å². The van der Waals surface area contributed by atoms with E-state index < -0.39 is 49.5 Å². The van der Waals surface area contributed by atoms with E-state index in [2.05, 4.69) is 19.2 Å². The highest BCUT2D eigenvalue weighted by molar-refractivity contribution is 5.76. The van der Waals surface area contributed by atoms with Crippen LogP contribution in [-0.4, -0.2) is 87.5 Å². The van der Waals surface area contributed by atoms with Crippen LogP contribution in [0.5, 0.6) is 0 Å². The van der Waals surface area contributed by atoms with Crippen molar-refractivity contribution in [3.63, 3.8) is 0 Å². The van der Waals surface area contributed by atoms with Crippen LogP contribution in [0.4, 0.5) is 0 Å². The molecular weight excluding hydrogens is 574 g/mol. The number of aliphatic hydroxyl groups excluding tert-OH is 5. The van der Waals surface area contributed by atoms with Crippen molar-refractivity contribution in [3.05, 3.63) is 0 Å². The zero-order valence-corrected chi connectivity index (χ0v) is 28.9. The topological polar surface area (TPSA) is 149 Å². The van der Waals surface area contributed by atoms with Gasteiger partial charge >= 0.3 is 0 Å². The molecule has 1 aliphatic heterocycles. The van der Waals surface area contributed by atoms with Crippen LogP contribution in [0.25, 0.3) is 0 Å². The molecule has 1 amide bonds. The number of aliphatic hydroxyl groups is 5. The molecule has 0 radical (unpaired) electrons. The monoisotopic (exact) mass is 646 g/mol. The molecule has 1 heterocycles. The van der Waals surface area contributed by atoms with Crippen molar-refractivity contribution in [2.45, 2.75) is 211 Å². The number of amides is 1. The molecule has 0 aromatic rings. The first-order valence-corrected chi connectivity index (χ1v) is 18.7. The molecule has 9 nitrogen and oxygen atoms in total. The minimum atomic E-state index is -1.54. The third-order valence-electron chi connectivity index (χ3n) is 9.21. The average molecular weight is 646 g/mol. The molecule has 0 saturated carbocycles. The van der Waals surface area contributed by atoms with Crippen molar-refractivity contribution in [3.8, 4) is 0 Å². The summed E-state index contributed by atoms with van der Waals surface area (Å²) in [7, 11) is 0. The SMILES string of the molecule is CCCCCCCCCCCCCCCCCCCCC(=O)NC(COC1OC(CO)C(O)C(O)C1O)C(O)CCCCCC. The van der Waals surface area contributed by atoms with Gasteiger partial charge in [0.2, 0.25) is 5.91 Å². The van der Waals surface area contributed by atoms with Gasteiger partial charge in [0.25, 0.3) is 0 Å². The van der Waals surface area contributed by atoms with Crippen molar-refractivity contribution < 1.29 is 39.8 Å². The second-order valence-electron chi connectivity index (χ2n) is 13.4. The van der Waals surface area contributed by atoms with Gasteiger partial charge in [0, 0.05) is 6.42 Å². The van der Waals surface area contributed by atoms with Crippen LogP contribution in [0.2, 0.25) is 0 Å². The van der Waals surface area contributed by atoms with Crippen molar-refractivity contribution in [1.29, 1.82) is 0 Å². The molecule has 6 N–H and O–H groups in total. The number of unbranched alkanes of at least 4 members (excludes halogenated alkanes) is 20. The van der Waals surface area contributed by atoms with Gasteiger partial charge in [-0.3, -0.25) is 4.79 Å². The van der Waals surface area contributed by atoms with Crippen LogP contribution in [-0.2, 0) is 14.3 Å². The number of carbonyl (C=O) groups excluding carboxylic acids is 1. The summed E-state index contributed by atoms with van der Waals surface area (Å²) in [4.78, 5) is 12.8. The van der Waals surface area contributed by atoms with Crippen molar-refractivity contribution in [2.75, 3.05) is 13.2 Å². The van der Waals surface area contributed by atoms with Gasteiger partial charge in [0.1, 0.15) is 24.4 Å². The van der Waals surface area contributed by atoms with Crippen molar-refractivity contribution in [1.82, 2.24) is 5.32 Å². The molecule has 1 saturated heterocycles. The van der Waals surface area contributed by atoms with Crippen LogP contribution in [0, 0.1) is 0 Å². The molecule has 1 rings (SSSR count). The fourth-order valence-electron chi connectivity index (χ4n) is 6.10. The van der Waals surface area contributed by atoms with E-state index in [9.17, 15) is 30.3 Å². The van der Waals surface area contributed by atoms with Crippen molar-refractivity contribution in [2.24, 2.45) is 0 Å². The van der Waals surface area contributed by atoms with E-state index in [0.29, 0.717) is 12.8 Å². The number of ether oxygens (including phenoxy) is 2. The van der Waals surface area contributed by atoms with E-state index in [1.54, 1.807) is 0 Å². The smallest absolute Gasteiger partial charge is 0.220 e. The Kier molecular flexibility index (Phi) is 26.5. The largest absolute Gasteiger partial charge is 0.394 e. The first kappa shape index (κ1) is 42.2. The lowest BCUT2D eigenvalue weighted by atomic mass is 9.99. The first-order chi connectivity index (χ1) is 21.8. The molecule has 7 unspecified atom stereocenters. The van der Waals surface area contributed by atoms with Gasteiger partial charge in [0.05, 0.1) is 25.4 Å². The van der Waals surface area contributed by atoms with Crippen LogP contribution in [0.15, 0.2) is 0 Å². The molecule has 1 aliphatic rings. The van der Waals surface area contributed by atoms with Crippen molar-refractivity contribution >= 4 is 5.91 Å². The van der Waals surface area contributed by atoms with Crippen LogP contribution >= 0.6 is 0 Å². The Labute approximate surface area is 274 Å². The highest BCUT2D eigenvalue weighted by atomic mass is 16.7. The van der Waals surface area contributed by atoms with E-state index in [0.717, 1.165) is 44.9 Å². The Morgan fingerprint density at radius 2 is 1.11 bits per heavy atom. The summed E-state index contributed by atoms with van der Waals surface area (Å²) in [5, 5.41) is 53.5. The molecular formula is C36H71NO8. The molecule has 0 bridgehead atoms. The Bertz CT molecular complexity index is 681. The number of rotatable bonds is 30. The summed E-state index contributed by atoms with van der Waals surface area (Å²) in [5.41, 5.74) is 0. The molecule has 0 aromatic heterocycles. The highest BCUT2D eigenvalue weighted by Crippen LogP contribution is 2.23. The summed E-state index contributed by atoms with van der Waals surface area (Å²) in [5.74, 6) is -0.151. The third-order valence-corrected chi connectivity index (χ3v) is 9.21. The molecule has 268 valence electrons. The van der Waals surface area contributed by atoms with Gasteiger partial charge in [-0.1, -0.05) is 149 Å². The molecule has 45 heavy (non-hydrogen) atoms. The fraction of sp³-hybridized carbons (Fsp3) is 0.972. The summed E-state index contributed by atoms with van der Waals surface area (Å²) >= 11 is 0. The summed E-state index contributed by atoms with van der Waals surface area (Å²) in [6, 6.07) is -0.706. The van der Waals surface area contributed by atoms with Gasteiger partial charge in [-0.05, 0) is 12.8 Å². The Balaban J connectivity index is 2.22. The van der Waals surface area contributed by atoms with Gasteiger partial charge in [-0.25, -0.2) is 0 Å². The quantitative estimate of drug-likeness (QED) is 0.0517. The number of carbonyl (C=O) groups is 1. The lowest BCUT2D eigenvalue weighted by molar-refractivity contribution is -0.302. The maximum atomic E-state index is 12.8. The molecule has 0 spiro atoms.